The number of non-ortho nitro benzene ring substituents is 1. The minimum atomic E-state index is -1.14. The summed E-state index contributed by atoms with van der Waals surface area (Å²) in [7, 11) is 0. The number of hydrogen-bond donors (Lipinski definition) is 2. The lowest BCUT2D eigenvalue weighted by atomic mass is 10.2. The summed E-state index contributed by atoms with van der Waals surface area (Å²) in [5.41, 5.74) is -0.495. The van der Waals surface area contributed by atoms with E-state index in [4.69, 9.17) is 12.2 Å². The van der Waals surface area contributed by atoms with Gasteiger partial charge >= 0.3 is 0 Å². The summed E-state index contributed by atoms with van der Waals surface area (Å²) in [4.78, 5) is 22.0. The Bertz CT molecular complexity index is 799. The second kappa shape index (κ2) is 6.88. The molecular formula is C14H9F2N3O3S. The highest BCUT2D eigenvalue weighted by molar-refractivity contribution is 7.80. The number of carbonyl (C=O) groups excluding carboxylic acids is 1. The number of halogens is 2. The van der Waals surface area contributed by atoms with Gasteiger partial charge in [0.25, 0.3) is 11.6 Å². The van der Waals surface area contributed by atoms with E-state index in [1.165, 1.54) is 30.3 Å². The maximum absolute atomic E-state index is 13.5. The third kappa shape index (κ3) is 4.04. The van der Waals surface area contributed by atoms with E-state index >= 15 is 0 Å². The Morgan fingerprint density at radius 3 is 2.57 bits per heavy atom. The number of benzene rings is 2. The Kier molecular flexibility index (Phi) is 4.91. The standard InChI is InChI=1S/C14H9F2N3O3S/c15-10-5-2-6-11(12(10)16)17-14(23)18-13(20)8-3-1-4-9(7-8)19(21)22/h1-7H,(H2,17,18,20,23). The topological polar surface area (TPSA) is 84.3 Å². The molecule has 0 saturated heterocycles. The number of nitrogens with zero attached hydrogens (tertiary/aromatic N) is 1. The summed E-state index contributed by atoms with van der Waals surface area (Å²) in [6, 6.07) is 8.45. The Morgan fingerprint density at radius 2 is 1.87 bits per heavy atom. The van der Waals surface area contributed by atoms with E-state index in [9.17, 15) is 23.7 Å². The lowest BCUT2D eigenvalue weighted by Gasteiger charge is -2.10. The minimum Gasteiger partial charge on any atom is -0.330 e. The molecule has 0 heterocycles. The summed E-state index contributed by atoms with van der Waals surface area (Å²) in [6.07, 6.45) is 0. The fourth-order valence-electron chi connectivity index (χ4n) is 1.69. The Balaban J connectivity index is 2.08. The van der Waals surface area contributed by atoms with E-state index in [-0.39, 0.29) is 22.1 Å². The number of thiocarbonyl (C=S) groups is 1. The molecule has 0 aliphatic rings. The van der Waals surface area contributed by atoms with Crippen molar-refractivity contribution in [1.82, 2.24) is 5.32 Å². The van der Waals surface area contributed by atoms with Gasteiger partial charge in [0.2, 0.25) is 0 Å². The molecule has 0 unspecified atom stereocenters. The molecule has 6 nitrogen and oxygen atoms in total. The van der Waals surface area contributed by atoms with Crippen LogP contribution in [-0.4, -0.2) is 15.9 Å². The van der Waals surface area contributed by atoms with Crippen LogP contribution in [0.25, 0.3) is 0 Å². The molecular weight excluding hydrogens is 328 g/mol. The first kappa shape index (κ1) is 16.4. The largest absolute Gasteiger partial charge is 0.330 e. The highest BCUT2D eigenvalue weighted by atomic mass is 32.1. The molecule has 1 amide bonds. The summed E-state index contributed by atoms with van der Waals surface area (Å²) >= 11 is 4.83. The molecule has 2 N–H and O–H groups in total. The van der Waals surface area contributed by atoms with Gasteiger partial charge in [-0.2, -0.15) is 0 Å². The molecule has 0 atom stereocenters. The van der Waals surface area contributed by atoms with Crippen molar-refractivity contribution in [3.05, 3.63) is 69.8 Å². The lowest BCUT2D eigenvalue weighted by molar-refractivity contribution is -0.384. The molecule has 0 saturated carbocycles. The molecule has 118 valence electrons. The van der Waals surface area contributed by atoms with Gasteiger partial charge in [-0.25, -0.2) is 8.78 Å². The van der Waals surface area contributed by atoms with Crippen LogP contribution in [0.3, 0.4) is 0 Å². The summed E-state index contributed by atoms with van der Waals surface area (Å²) in [5.74, 6) is -2.93. The van der Waals surface area contributed by atoms with Crippen molar-refractivity contribution in [1.29, 1.82) is 0 Å². The first-order valence-corrected chi connectivity index (χ1v) is 6.60. The van der Waals surface area contributed by atoms with Crippen molar-refractivity contribution in [3.63, 3.8) is 0 Å². The zero-order chi connectivity index (χ0) is 17.0. The van der Waals surface area contributed by atoms with Gasteiger partial charge in [-0.3, -0.25) is 20.2 Å². The van der Waals surface area contributed by atoms with Crippen molar-refractivity contribution >= 4 is 34.6 Å². The second-order valence-electron chi connectivity index (χ2n) is 4.32. The quantitative estimate of drug-likeness (QED) is 0.511. The van der Waals surface area contributed by atoms with Crippen LogP contribution in [0.15, 0.2) is 42.5 Å². The highest BCUT2D eigenvalue weighted by Gasteiger charge is 2.14. The van der Waals surface area contributed by atoms with Gasteiger partial charge in [0.05, 0.1) is 10.6 Å². The van der Waals surface area contributed by atoms with Crippen molar-refractivity contribution in [2.75, 3.05) is 5.32 Å². The molecule has 0 spiro atoms. The molecule has 0 fully saturated rings. The monoisotopic (exact) mass is 337 g/mol. The normalized spacial score (nSPS) is 10.0. The number of amides is 1. The Hall–Kier alpha value is -2.94. The van der Waals surface area contributed by atoms with Gasteiger partial charge in [0, 0.05) is 17.7 Å². The minimum absolute atomic E-state index is 0.00284. The van der Waals surface area contributed by atoms with Crippen molar-refractivity contribution in [3.8, 4) is 0 Å². The van der Waals surface area contributed by atoms with Crippen LogP contribution >= 0.6 is 12.2 Å². The van der Waals surface area contributed by atoms with Crippen molar-refractivity contribution < 1.29 is 18.5 Å². The Labute approximate surface area is 134 Å². The molecule has 9 heteroatoms. The van der Waals surface area contributed by atoms with E-state index in [1.54, 1.807) is 0 Å². The molecule has 0 radical (unpaired) electrons. The number of hydrogen-bond acceptors (Lipinski definition) is 4. The van der Waals surface area contributed by atoms with Crippen molar-refractivity contribution in [2.45, 2.75) is 0 Å². The predicted molar refractivity (Wildman–Crippen MR) is 83.1 cm³/mol. The van der Waals surface area contributed by atoms with Crippen LogP contribution in [0, 0.1) is 21.7 Å². The number of anilines is 1. The molecule has 2 aromatic carbocycles. The number of nitrogens with one attached hydrogen (secondary N) is 2. The van der Waals surface area contributed by atoms with E-state index in [0.29, 0.717) is 0 Å². The van der Waals surface area contributed by atoms with Gasteiger partial charge in [0.15, 0.2) is 16.7 Å². The number of rotatable bonds is 3. The second-order valence-corrected chi connectivity index (χ2v) is 4.73. The number of carbonyl (C=O) groups is 1. The van der Waals surface area contributed by atoms with Gasteiger partial charge in [0.1, 0.15) is 0 Å². The fourth-order valence-corrected chi connectivity index (χ4v) is 1.89. The number of nitro benzene ring substituents is 1. The summed E-state index contributed by atoms with van der Waals surface area (Å²) in [6.45, 7) is 0. The molecule has 0 aliphatic carbocycles. The first-order valence-electron chi connectivity index (χ1n) is 6.19. The van der Waals surface area contributed by atoms with Gasteiger partial charge in [-0.1, -0.05) is 12.1 Å². The van der Waals surface area contributed by atoms with Gasteiger partial charge < -0.3 is 5.32 Å². The van der Waals surface area contributed by atoms with Crippen LogP contribution in [0.1, 0.15) is 10.4 Å². The molecule has 0 bridgehead atoms. The van der Waals surface area contributed by atoms with Crippen LogP contribution in [0.5, 0.6) is 0 Å². The van der Waals surface area contributed by atoms with Crippen LogP contribution in [0.4, 0.5) is 20.2 Å². The molecule has 23 heavy (non-hydrogen) atoms. The third-order valence-corrected chi connectivity index (χ3v) is 2.95. The molecule has 2 rings (SSSR count). The summed E-state index contributed by atoms with van der Waals surface area (Å²) < 4.78 is 26.5. The van der Waals surface area contributed by atoms with E-state index in [2.05, 4.69) is 10.6 Å². The SMILES string of the molecule is O=C(NC(=S)Nc1cccc(F)c1F)c1cccc([N+](=O)[O-])c1. The highest BCUT2D eigenvalue weighted by Crippen LogP contribution is 2.16. The smallest absolute Gasteiger partial charge is 0.270 e. The fraction of sp³-hybridized carbons (Fsp3) is 0. The third-order valence-electron chi connectivity index (χ3n) is 2.75. The van der Waals surface area contributed by atoms with E-state index in [1.807, 2.05) is 0 Å². The molecule has 2 aromatic rings. The molecule has 0 aromatic heterocycles. The molecule has 0 aliphatic heterocycles. The Morgan fingerprint density at radius 1 is 1.17 bits per heavy atom. The van der Waals surface area contributed by atoms with Crippen LogP contribution < -0.4 is 10.6 Å². The zero-order valence-electron chi connectivity index (χ0n) is 11.4. The van der Waals surface area contributed by atoms with Crippen LogP contribution in [0.2, 0.25) is 0 Å². The van der Waals surface area contributed by atoms with Gasteiger partial charge in [-0.15, -0.1) is 0 Å². The van der Waals surface area contributed by atoms with E-state index in [0.717, 1.165) is 12.1 Å². The summed E-state index contributed by atoms with van der Waals surface area (Å²) in [5, 5.41) is 15.0. The van der Waals surface area contributed by atoms with Crippen molar-refractivity contribution in [2.24, 2.45) is 0 Å². The first-order chi connectivity index (χ1) is 10.9. The zero-order valence-corrected chi connectivity index (χ0v) is 12.2. The maximum Gasteiger partial charge on any atom is 0.270 e. The average Bonchev–Trinajstić information content (AvgIpc) is 2.52. The maximum atomic E-state index is 13.5. The number of nitro groups is 1. The predicted octanol–water partition coefficient (Wildman–Crippen LogP) is 3.00. The lowest BCUT2D eigenvalue weighted by Crippen LogP contribution is -2.34. The van der Waals surface area contributed by atoms with Gasteiger partial charge in [-0.05, 0) is 30.4 Å². The van der Waals surface area contributed by atoms with Crippen LogP contribution in [-0.2, 0) is 0 Å². The average molecular weight is 337 g/mol. The van der Waals surface area contributed by atoms with E-state index < -0.39 is 22.5 Å².